The van der Waals surface area contributed by atoms with E-state index in [2.05, 4.69) is 15.3 Å². The Balaban J connectivity index is 2.22. The van der Waals surface area contributed by atoms with Crippen molar-refractivity contribution >= 4 is 11.7 Å². The zero-order valence-corrected chi connectivity index (χ0v) is 14.6. The van der Waals surface area contributed by atoms with Crippen molar-refractivity contribution in [1.29, 1.82) is 0 Å². The van der Waals surface area contributed by atoms with Crippen molar-refractivity contribution < 1.29 is 9.53 Å². The minimum absolute atomic E-state index is 0.00279. The molecular formula is C18H24N4O2. The van der Waals surface area contributed by atoms with Gasteiger partial charge in [0.15, 0.2) is 0 Å². The fourth-order valence-corrected chi connectivity index (χ4v) is 2.26. The van der Waals surface area contributed by atoms with Gasteiger partial charge in [-0.25, -0.2) is 4.98 Å². The second-order valence-corrected chi connectivity index (χ2v) is 5.77. The number of amides is 1. The Morgan fingerprint density at radius 1 is 1.33 bits per heavy atom. The highest BCUT2D eigenvalue weighted by Crippen LogP contribution is 2.20. The van der Waals surface area contributed by atoms with Gasteiger partial charge in [-0.15, -0.1) is 0 Å². The minimum Gasteiger partial charge on any atom is -0.383 e. The number of methoxy groups -OCH3 is 1. The highest BCUT2D eigenvalue weighted by Gasteiger charge is 2.13. The number of carbonyl (C=O) groups excluding carboxylic acids is 1. The third-order valence-corrected chi connectivity index (χ3v) is 3.70. The Morgan fingerprint density at radius 2 is 2.12 bits per heavy atom. The number of nitrogens with zero attached hydrogens (tertiary/aromatic N) is 3. The predicted octanol–water partition coefficient (Wildman–Crippen LogP) is 2.36. The maximum absolute atomic E-state index is 12.4. The Labute approximate surface area is 142 Å². The number of ether oxygens (including phenoxy) is 1. The van der Waals surface area contributed by atoms with Crippen LogP contribution in [-0.2, 0) is 4.74 Å². The standard InChI is InChI=1S/C18H24N4O2/c1-5-15(12-24-4)20-18(23)14-8-6-7-13(9-14)16-10-19-11-17(21-16)22(2)3/h6-11,15H,5,12H2,1-4H3,(H,20,23)/t15-/m1/s1. The number of hydrogen-bond acceptors (Lipinski definition) is 5. The molecule has 1 heterocycles. The zero-order valence-electron chi connectivity index (χ0n) is 14.6. The number of carbonyl (C=O) groups is 1. The van der Waals surface area contributed by atoms with E-state index in [0.29, 0.717) is 12.2 Å². The number of anilines is 1. The van der Waals surface area contributed by atoms with Gasteiger partial charge in [0, 0.05) is 32.3 Å². The minimum atomic E-state index is -0.113. The molecule has 1 atom stereocenters. The second-order valence-electron chi connectivity index (χ2n) is 5.77. The van der Waals surface area contributed by atoms with E-state index >= 15 is 0 Å². The van der Waals surface area contributed by atoms with Crippen LogP contribution < -0.4 is 10.2 Å². The molecule has 2 aromatic rings. The number of aromatic nitrogens is 2. The summed E-state index contributed by atoms with van der Waals surface area (Å²) in [7, 11) is 5.46. The molecule has 1 aromatic heterocycles. The van der Waals surface area contributed by atoms with Crippen LogP contribution in [0.15, 0.2) is 36.7 Å². The largest absolute Gasteiger partial charge is 0.383 e. The summed E-state index contributed by atoms with van der Waals surface area (Å²) in [5, 5.41) is 2.98. The van der Waals surface area contributed by atoms with Crippen LogP contribution in [-0.4, -0.2) is 49.7 Å². The van der Waals surface area contributed by atoms with Crippen LogP contribution in [0.4, 0.5) is 5.82 Å². The molecular weight excluding hydrogens is 304 g/mol. The third kappa shape index (κ3) is 4.52. The SMILES string of the molecule is CC[C@H](COC)NC(=O)c1cccc(-c2cncc(N(C)C)n2)c1. The van der Waals surface area contributed by atoms with Gasteiger partial charge in [-0.3, -0.25) is 9.78 Å². The van der Waals surface area contributed by atoms with Gasteiger partial charge >= 0.3 is 0 Å². The number of hydrogen-bond donors (Lipinski definition) is 1. The number of rotatable bonds is 7. The Bertz CT molecular complexity index is 688. The topological polar surface area (TPSA) is 67.3 Å². The van der Waals surface area contributed by atoms with E-state index in [0.717, 1.165) is 23.5 Å². The van der Waals surface area contributed by atoms with Gasteiger partial charge in [0.05, 0.1) is 30.7 Å². The van der Waals surface area contributed by atoms with Crippen molar-refractivity contribution in [1.82, 2.24) is 15.3 Å². The Kier molecular flexibility index (Phi) is 6.26. The van der Waals surface area contributed by atoms with Crippen molar-refractivity contribution in [2.45, 2.75) is 19.4 Å². The first-order chi connectivity index (χ1) is 11.5. The number of benzene rings is 1. The molecule has 1 amide bonds. The van der Waals surface area contributed by atoms with E-state index < -0.39 is 0 Å². The van der Waals surface area contributed by atoms with Gasteiger partial charge in [-0.2, -0.15) is 0 Å². The second kappa shape index (κ2) is 8.40. The summed E-state index contributed by atoms with van der Waals surface area (Å²) in [5.74, 6) is 0.658. The summed E-state index contributed by atoms with van der Waals surface area (Å²) in [4.78, 5) is 23.1. The summed E-state index contributed by atoms with van der Waals surface area (Å²) in [5.41, 5.74) is 2.19. The molecule has 1 N–H and O–H groups in total. The fourth-order valence-electron chi connectivity index (χ4n) is 2.26. The molecule has 1 aromatic carbocycles. The maximum Gasteiger partial charge on any atom is 0.251 e. The Morgan fingerprint density at radius 3 is 2.79 bits per heavy atom. The van der Waals surface area contributed by atoms with Gasteiger partial charge in [-0.05, 0) is 18.6 Å². The van der Waals surface area contributed by atoms with E-state index in [4.69, 9.17) is 4.74 Å². The lowest BCUT2D eigenvalue weighted by Crippen LogP contribution is -2.37. The zero-order chi connectivity index (χ0) is 17.5. The molecule has 0 bridgehead atoms. The molecule has 0 aliphatic heterocycles. The lowest BCUT2D eigenvalue weighted by Gasteiger charge is -2.16. The van der Waals surface area contributed by atoms with Crippen LogP contribution in [0, 0.1) is 0 Å². The van der Waals surface area contributed by atoms with Crippen LogP contribution in [0.5, 0.6) is 0 Å². The number of nitrogens with one attached hydrogen (secondary N) is 1. The quantitative estimate of drug-likeness (QED) is 0.845. The lowest BCUT2D eigenvalue weighted by molar-refractivity contribution is 0.0894. The molecule has 0 saturated carbocycles. The predicted molar refractivity (Wildman–Crippen MR) is 95.2 cm³/mol. The third-order valence-electron chi connectivity index (χ3n) is 3.70. The molecule has 0 unspecified atom stereocenters. The van der Waals surface area contributed by atoms with Crippen LogP contribution >= 0.6 is 0 Å². The van der Waals surface area contributed by atoms with Crippen molar-refractivity contribution in [3.05, 3.63) is 42.2 Å². The molecule has 0 spiro atoms. The van der Waals surface area contributed by atoms with Gasteiger partial charge < -0.3 is 15.0 Å². The van der Waals surface area contributed by atoms with E-state index in [9.17, 15) is 4.79 Å². The first-order valence-corrected chi connectivity index (χ1v) is 7.94. The van der Waals surface area contributed by atoms with E-state index in [1.165, 1.54) is 0 Å². The lowest BCUT2D eigenvalue weighted by atomic mass is 10.1. The summed E-state index contributed by atoms with van der Waals surface area (Å²) < 4.78 is 5.12. The summed E-state index contributed by atoms with van der Waals surface area (Å²) in [6, 6.07) is 7.40. The van der Waals surface area contributed by atoms with Crippen LogP contribution in [0.25, 0.3) is 11.3 Å². The van der Waals surface area contributed by atoms with Crippen LogP contribution in [0.1, 0.15) is 23.7 Å². The fraction of sp³-hybridized carbons (Fsp3) is 0.389. The first kappa shape index (κ1) is 17.9. The molecule has 0 aliphatic rings. The van der Waals surface area contributed by atoms with E-state index in [1.54, 1.807) is 25.6 Å². The summed E-state index contributed by atoms with van der Waals surface area (Å²) in [6.07, 6.45) is 4.22. The molecule has 6 heteroatoms. The van der Waals surface area contributed by atoms with Gasteiger partial charge in [0.2, 0.25) is 0 Å². The summed E-state index contributed by atoms with van der Waals surface area (Å²) >= 11 is 0. The van der Waals surface area contributed by atoms with Crippen molar-refractivity contribution in [2.24, 2.45) is 0 Å². The molecule has 0 radical (unpaired) electrons. The van der Waals surface area contributed by atoms with Crippen LogP contribution in [0.2, 0.25) is 0 Å². The molecule has 0 saturated heterocycles. The molecule has 24 heavy (non-hydrogen) atoms. The van der Waals surface area contributed by atoms with E-state index in [-0.39, 0.29) is 11.9 Å². The molecule has 0 fully saturated rings. The summed E-state index contributed by atoms with van der Waals surface area (Å²) in [6.45, 7) is 2.51. The molecule has 6 nitrogen and oxygen atoms in total. The Hall–Kier alpha value is -2.47. The first-order valence-electron chi connectivity index (χ1n) is 7.94. The van der Waals surface area contributed by atoms with Crippen molar-refractivity contribution in [3.63, 3.8) is 0 Å². The van der Waals surface area contributed by atoms with Gasteiger partial charge in [0.1, 0.15) is 5.82 Å². The molecule has 0 aliphatic carbocycles. The van der Waals surface area contributed by atoms with Gasteiger partial charge in [0.25, 0.3) is 5.91 Å². The van der Waals surface area contributed by atoms with Crippen molar-refractivity contribution in [3.8, 4) is 11.3 Å². The smallest absolute Gasteiger partial charge is 0.251 e. The average molecular weight is 328 g/mol. The average Bonchev–Trinajstić information content (AvgIpc) is 2.61. The van der Waals surface area contributed by atoms with Crippen LogP contribution in [0.3, 0.4) is 0 Å². The highest BCUT2D eigenvalue weighted by molar-refractivity contribution is 5.95. The maximum atomic E-state index is 12.4. The monoisotopic (exact) mass is 328 g/mol. The van der Waals surface area contributed by atoms with Gasteiger partial charge in [-0.1, -0.05) is 19.1 Å². The normalized spacial score (nSPS) is 11.8. The highest BCUT2D eigenvalue weighted by atomic mass is 16.5. The molecule has 2 rings (SSSR count). The molecule has 128 valence electrons. The van der Waals surface area contributed by atoms with E-state index in [1.807, 2.05) is 44.1 Å². The van der Waals surface area contributed by atoms with Crippen molar-refractivity contribution in [2.75, 3.05) is 32.7 Å².